The molecule has 4 rings (SSSR count). The molecule has 0 saturated carbocycles. The molecule has 2 heterocycles. The van der Waals surface area contributed by atoms with Crippen molar-refractivity contribution in [3.05, 3.63) is 63.1 Å². The average Bonchev–Trinajstić information content (AvgIpc) is 3.22. The second-order valence-electron chi connectivity index (χ2n) is 6.59. The van der Waals surface area contributed by atoms with Gasteiger partial charge in [0.1, 0.15) is 11.6 Å². The van der Waals surface area contributed by atoms with E-state index in [1.165, 1.54) is 17.4 Å². The number of fused-ring (bicyclic) bond motifs is 1. The van der Waals surface area contributed by atoms with Crippen molar-refractivity contribution in [3.8, 4) is 17.0 Å². The second kappa shape index (κ2) is 8.80. The van der Waals surface area contributed by atoms with E-state index in [4.69, 9.17) is 4.74 Å². The Morgan fingerprint density at radius 1 is 1.06 bits per heavy atom. The van der Waals surface area contributed by atoms with Gasteiger partial charge in [-0.3, -0.25) is 0 Å². The molecule has 0 aliphatic heterocycles. The van der Waals surface area contributed by atoms with E-state index in [-0.39, 0.29) is 11.3 Å². The van der Waals surface area contributed by atoms with Crippen molar-refractivity contribution in [2.75, 3.05) is 19.0 Å². The van der Waals surface area contributed by atoms with E-state index in [0.29, 0.717) is 18.4 Å². The summed E-state index contributed by atoms with van der Waals surface area (Å²) >= 11 is 4.84. The van der Waals surface area contributed by atoms with Crippen molar-refractivity contribution in [1.82, 2.24) is 15.0 Å². The van der Waals surface area contributed by atoms with Gasteiger partial charge in [-0.05, 0) is 42.5 Å². The molecule has 0 aliphatic carbocycles. The number of rotatable bonds is 6. The zero-order valence-electron chi connectivity index (χ0n) is 16.2. The van der Waals surface area contributed by atoms with Gasteiger partial charge in [-0.2, -0.15) is 13.2 Å². The van der Waals surface area contributed by atoms with Crippen molar-refractivity contribution in [2.24, 2.45) is 0 Å². The number of thiazole rings is 1. The summed E-state index contributed by atoms with van der Waals surface area (Å²) in [4.78, 5) is 12.0. The summed E-state index contributed by atoms with van der Waals surface area (Å²) in [6, 6.07) is 12.5. The van der Waals surface area contributed by atoms with Gasteiger partial charge in [-0.25, -0.2) is 15.0 Å². The zero-order valence-corrected chi connectivity index (χ0v) is 18.6. The maximum atomic E-state index is 13.2. The summed E-state index contributed by atoms with van der Waals surface area (Å²) in [6.45, 7) is 0.380. The van der Waals surface area contributed by atoms with Gasteiger partial charge in [0.2, 0.25) is 5.82 Å². The summed E-state index contributed by atoms with van der Waals surface area (Å²) in [5, 5.41) is 6.36. The van der Waals surface area contributed by atoms with Crippen LogP contribution in [0.2, 0.25) is 0 Å². The van der Waals surface area contributed by atoms with Gasteiger partial charge < -0.3 is 10.1 Å². The Balaban J connectivity index is 1.50. The predicted molar refractivity (Wildman–Crippen MR) is 119 cm³/mol. The van der Waals surface area contributed by atoms with Crippen LogP contribution in [0.4, 0.5) is 19.0 Å². The lowest BCUT2D eigenvalue weighted by atomic mass is 10.2. The molecule has 0 atom stereocenters. The van der Waals surface area contributed by atoms with Gasteiger partial charge in [-0.15, -0.1) is 11.3 Å². The third kappa shape index (κ3) is 4.96. The largest absolute Gasteiger partial charge is 0.497 e. The maximum absolute atomic E-state index is 13.2. The van der Waals surface area contributed by atoms with Crippen molar-refractivity contribution in [1.29, 1.82) is 0 Å². The van der Waals surface area contributed by atoms with Gasteiger partial charge >= 0.3 is 6.18 Å². The molecule has 31 heavy (non-hydrogen) atoms. The quantitative estimate of drug-likeness (QED) is 0.336. The molecule has 2 aromatic heterocycles. The van der Waals surface area contributed by atoms with Crippen LogP contribution in [0.1, 0.15) is 10.8 Å². The molecule has 0 saturated heterocycles. The van der Waals surface area contributed by atoms with E-state index in [0.717, 1.165) is 26.5 Å². The van der Waals surface area contributed by atoms with Gasteiger partial charge in [0.05, 0.1) is 23.3 Å². The highest BCUT2D eigenvalue weighted by Gasteiger charge is 2.35. The molecule has 0 fully saturated rings. The van der Waals surface area contributed by atoms with Crippen LogP contribution in [0.25, 0.3) is 22.2 Å². The highest BCUT2D eigenvalue weighted by molar-refractivity contribution is 9.10. The summed E-state index contributed by atoms with van der Waals surface area (Å²) in [7, 11) is 1.61. The Labute approximate surface area is 188 Å². The number of halogens is 4. The van der Waals surface area contributed by atoms with E-state index >= 15 is 0 Å². The molecule has 0 unspecified atom stereocenters. The average molecular weight is 509 g/mol. The Morgan fingerprint density at radius 3 is 2.55 bits per heavy atom. The molecule has 0 bridgehead atoms. The first-order valence-electron chi connectivity index (χ1n) is 9.20. The lowest BCUT2D eigenvalue weighted by molar-refractivity contribution is -0.144. The van der Waals surface area contributed by atoms with Crippen molar-refractivity contribution in [3.63, 3.8) is 0 Å². The lowest BCUT2D eigenvalue weighted by Gasteiger charge is -2.12. The standard InChI is InChI=1S/C21H16BrF3N4OS/c1-30-14-5-2-12(3-6-14)17-11-31-18(27-17)8-9-26-19-15-10-13(22)4-7-16(15)28-20(29-19)21(23,24)25/h2-7,10-11H,8-9H2,1H3,(H,26,28,29). The minimum atomic E-state index is -4.62. The highest BCUT2D eigenvalue weighted by atomic mass is 79.9. The summed E-state index contributed by atoms with van der Waals surface area (Å²) in [5.74, 6) is -0.253. The molecule has 0 amide bonds. The normalized spacial score (nSPS) is 11.6. The Bertz CT molecular complexity index is 1210. The zero-order chi connectivity index (χ0) is 22.0. The number of methoxy groups -OCH3 is 1. The van der Waals surface area contributed by atoms with Crippen LogP contribution >= 0.6 is 27.3 Å². The number of aromatic nitrogens is 3. The number of hydrogen-bond donors (Lipinski definition) is 1. The number of nitrogens with zero attached hydrogens (tertiary/aromatic N) is 3. The van der Waals surface area contributed by atoms with Gasteiger partial charge in [0, 0.05) is 33.8 Å². The minimum absolute atomic E-state index is 0.144. The van der Waals surface area contributed by atoms with E-state index in [9.17, 15) is 13.2 Å². The fourth-order valence-electron chi connectivity index (χ4n) is 2.97. The first-order chi connectivity index (χ1) is 14.8. The van der Waals surface area contributed by atoms with Crippen molar-refractivity contribution < 1.29 is 17.9 Å². The molecule has 5 nitrogen and oxygen atoms in total. The highest BCUT2D eigenvalue weighted by Crippen LogP contribution is 2.31. The molecular weight excluding hydrogens is 493 g/mol. The van der Waals surface area contributed by atoms with Crippen LogP contribution in [0, 0.1) is 0 Å². The molecule has 10 heteroatoms. The van der Waals surface area contributed by atoms with E-state index in [1.54, 1.807) is 19.2 Å². The Kier molecular flexibility index (Phi) is 6.10. The van der Waals surface area contributed by atoms with Gasteiger partial charge in [0.25, 0.3) is 0 Å². The van der Waals surface area contributed by atoms with E-state index in [2.05, 4.69) is 36.2 Å². The lowest BCUT2D eigenvalue weighted by Crippen LogP contribution is -2.14. The Hall–Kier alpha value is -2.72. The van der Waals surface area contributed by atoms with Crippen LogP contribution in [0.15, 0.2) is 52.3 Å². The molecule has 1 N–H and O–H groups in total. The van der Waals surface area contributed by atoms with E-state index < -0.39 is 12.0 Å². The fourth-order valence-corrected chi connectivity index (χ4v) is 4.14. The molecule has 0 radical (unpaired) electrons. The number of benzene rings is 2. The monoisotopic (exact) mass is 508 g/mol. The van der Waals surface area contributed by atoms with Crippen molar-refractivity contribution in [2.45, 2.75) is 12.6 Å². The number of ether oxygens (including phenoxy) is 1. The third-order valence-electron chi connectivity index (χ3n) is 4.48. The van der Waals surface area contributed by atoms with Crippen LogP contribution in [-0.2, 0) is 12.6 Å². The smallest absolute Gasteiger partial charge is 0.451 e. The van der Waals surface area contributed by atoms with Crippen LogP contribution in [0.5, 0.6) is 5.75 Å². The number of alkyl halides is 3. The van der Waals surface area contributed by atoms with Gasteiger partial charge in [0.15, 0.2) is 0 Å². The molecular formula is C21H16BrF3N4OS. The maximum Gasteiger partial charge on any atom is 0.451 e. The summed E-state index contributed by atoms with van der Waals surface area (Å²) in [5.41, 5.74) is 2.04. The van der Waals surface area contributed by atoms with Crippen LogP contribution < -0.4 is 10.1 Å². The topological polar surface area (TPSA) is 59.9 Å². The predicted octanol–water partition coefficient (Wildman–Crippen LogP) is 6.20. The third-order valence-corrected chi connectivity index (χ3v) is 5.88. The van der Waals surface area contributed by atoms with Crippen molar-refractivity contribution >= 4 is 44.0 Å². The van der Waals surface area contributed by atoms with Gasteiger partial charge in [-0.1, -0.05) is 15.9 Å². The van der Waals surface area contributed by atoms with E-state index in [1.807, 2.05) is 29.6 Å². The minimum Gasteiger partial charge on any atom is -0.497 e. The van der Waals surface area contributed by atoms with Crippen LogP contribution in [0.3, 0.4) is 0 Å². The first kappa shape index (κ1) is 21.5. The Morgan fingerprint density at radius 2 is 1.84 bits per heavy atom. The molecule has 0 spiro atoms. The number of hydrogen-bond acceptors (Lipinski definition) is 6. The summed E-state index contributed by atoms with van der Waals surface area (Å²) < 4.78 is 45.5. The molecule has 2 aromatic carbocycles. The SMILES string of the molecule is COc1ccc(-c2csc(CCNc3nc(C(F)(F)F)nc4ccc(Br)cc34)n2)cc1. The number of anilines is 1. The molecule has 0 aliphatic rings. The first-order valence-corrected chi connectivity index (χ1v) is 10.9. The number of nitrogens with one attached hydrogen (secondary N) is 1. The van der Waals surface area contributed by atoms with Crippen LogP contribution in [-0.4, -0.2) is 28.6 Å². The molecule has 160 valence electrons. The summed E-state index contributed by atoms with van der Waals surface area (Å²) in [6.07, 6.45) is -4.08. The molecule has 4 aromatic rings. The fraction of sp³-hybridized carbons (Fsp3) is 0.190. The second-order valence-corrected chi connectivity index (χ2v) is 8.45.